The molecule has 2 aromatic carbocycles. The Balaban J connectivity index is 2.26. The average Bonchev–Trinajstić information content (AvgIpc) is 2.51. The van der Waals surface area contributed by atoms with E-state index in [1.807, 2.05) is 0 Å². The SMILES string of the molecule is C=C1c2ccc(N(C)C)cc2C(C)(C)c2cc(N(C)C)ccc21. The zero-order chi connectivity index (χ0) is 16.9. The van der Waals surface area contributed by atoms with Crippen molar-refractivity contribution in [3.05, 3.63) is 65.2 Å². The largest absolute Gasteiger partial charge is 0.378 e. The minimum Gasteiger partial charge on any atom is -0.378 e. The summed E-state index contributed by atoms with van der Waals surface area (Å²) >= 11 is 0. The van der Waals surface area contributed by atoms with Crippen molar-refractivity contribution in [3.63, 3.8) is 0 Å². The third-order valence-corrected chi connectivity index (χ3v) is 5.04. The van der Waals surface area contributed by atoms with Gasteiger partial charge >= 0.3 is 0 Å². The molecule has 120 valence electrons. The van der Waals surface area contributed by atoms with Crippen molar-refractivity contribution in [1.29, 1.82) is 0 Å². The van der Waals surface area contributed by atoms with E-state index in [0.29, 0.717) is 0 Å². The van der Waals surface area contributed by atoms with Crippen LogP contribution in [0.25, 0.3) is 5.57 Å². The van der Waals surface area contributed by atoms with E-state index in [2.05, 4.69) is 94.8 Å². The van der Waals surface area contributed by atoms with Gasteiger partial charge in [0.15, 0.2) is 0 Å². The van der Waals surface area contributed by atoms with Gasteiger partial charge in [0.2, 0.25) is 0 Å². The summed E-state index contributed by atoms with van der Waals surface area (Å²) in [6.07, 6.45) is 0. The summed E-state index contributed by atoms with van der Waals surface area (Å²) < 4.78 is 0. The van der Waals surface area contributed by atoms with Crippen molar-refractivity contribution in [2.45, 2.75) is 19.3 Å². The molecule has 0 spiro atoms. The first-order valence-electron chi connectivity index (χ1n) is 8.07. The number of nitrogens with zero attached hydrogens (tertiary/aromatic N) is 2. The lowest BCUT2D eigenvalue weighted by molar-refractivity contribution is 0.630. The zero-order valence-electron chi connectivity index (χ0n) is 15.1. The molecule has 0 fully saturated rings. The maximum absolute atomic E-state index is 4.38. The Morgan fingerprint density at radius 2 is 1.13 bits per heavy atom. The Bertz CT molecular complexity index is 719. The number of anilines is 2. The van der Waals surface area contributed by atoms with Crippen LogP contribution in [0.2, 0.25) is 0 Å². The van der Waals surface area contributed by atoms with E-state index in [1.165, 1.54) is 33.6 Å². The molecule has 1 aliphatic carbocycles. The van der Waals surface area contributed by atoms with Crippen molar-refractivity contribution >= 4 is 16.9 Å². The van der Waals surface area contributed by atoms with Crippen molar-refractivity contribution in [2.75, 3.05) is 38.0 Å². The van der Waals surface area contributed by atoms with E-state index in [9.17, 15) is 0 Å². The molecule has 0 heterocycles. The quantitative estimate of drug-likeness (QED) is 0.805. The van der Waals surface area contributed by atoms with E-state index >= 15 is 0 Å². The lowest BCUT2D eigenvalue weighted by Crippen LogP contribution is -2.27. The van der Waals surface area contributed by atoms with Gasteiger partial charge in [-0.1, -0.05) is 32.6 Å². The fraction of sp³-hybridized carbons (Fsp3) is 0.333. The molecular formula is C21H26N2. The highest BCUT2D eigenvalue weighted by Crippen LogP contribution is 2.47. The first kappa shape index (κ1) is 15.7. The molecule has 0 aliphatic heterocycles. The molecule has 0 unspecified atom stereocenters. The van der Waals surface area contributed by atoms with Crippen molar-refractivity contribution in [1.82, 2.24) is 0 Å². The summed E-state index contributed by atoms with van der Waals surface area (Å²) in [5.74, 6) is 0. The smallest absolute Gasteiger partial charge is 0.0364 e. The average molecular weight is 306 g/mol. The zero-order valence-corrected chi connectivity index (χ0v) is 15.1. The number of rotatable bonds is 2. The van der Waals surface area contributed by atoms with Crippen LogP contribution in [-0.2, 0) is 5.41 Å². The fourth-order valence-corrected chi connectivity index (χ4v) is 3.47. The molecule has 0 amide bonds. The van der Waals surface area contributed by atoms with Crippen LogP contribution >= 0.6 is 0 Å². The van der Waals surface area contributed by atoms with E-state index in [0.717, 1.165) is 5.57 Å². The molecule has 0 bridgehead atoms. The first-order chi connectivity index (χ1) is 10.7. The maximum atomic E-state index is 4.38. The summed E-state index contributed by atoms with van der Waals surface area (Å²) in [5.41, 5.74) is 8.81. The molecule has 0 N–H and O–H groups in total. The second-order valence-electron chi connectivity index (χ2n) is 7.35. The second-order valence-corrected chi connectivity index (χ2v) is 7.35. The van der Waals surface area contributed by atoms with Crippen LogP contribution in [0.1, 0.15) is 36.1 Å². The summed E-state index contributed by atoms with van der Waals surface area (Å²) in [7, 11) is 8.35. The van der Waals surface area contributed by atoms with Crippen LogP contribution < -0.4 is 9.80 Å². The van der Waals surface area contributed by atoms with Gasteiger partial charge in [0, 0.05) is 45.0 Å². The second kappa shape index (κ2) is 5.16. The molecule has 0 saturated heterocycles. The standard InChI is InChI=1S/C21H26N2/c1-14-17-10-8-15(22(4)5)12-19(17)21(2,3)20-13-16(23(6)7)9-11-18(14)20/h8-13H,1H2,2-7H3. The Morgan fingerprint density at radius 1 is 0.739 bits per heavy atom. The van der Waals surface area contributed by atoms with Gasteiger partial charge in [0.1, 0.15) is 0 Å². The Labute approximate surface area is 140 Å². The van der Waals surface area contributed by atoms with Gasteiger partial charge in [-0.05, 0) is 52.1 Å². The highest BCUT2D eigenvalue weighted by Gasteiger charge is 2.34. The molecule has 2 nitrogen and oxygen atoms in total. The van der Waals surface area contributed by atoms with E-state index in [1.54, 1.807) is 0 Å². The van der Waals surface area contributed by atoms with Gasteiger partial charge < -0.3 is 9.80 Å². The van der Waals surface area contributed by atoms with Crippen LogP contribution in [0, 0.1) is 0 Å². The molecule has 0 radical (unpaired) electrons. The van der Waals surface area contributed by atoms with Crippen LogP contribution in [-0.4, -0.2) is 28.2 Å². The van der Waals surface area contributed by atoms with Gasteiger partial charge in [0.25, 0.3) is 0 Å². The fourth-order valence-electron chi connectivity index (χ4n) is 3.47. The van der Waals surface area contributed by atoms with Crippen LogP contribution in [0.4, 0.5) is 11.4 Å². The van der Waals surface area contributed by atoms with Gasteiger partial charge in [-0.15, -0.1) is 0 Å². The minimum absolute atomic E-state index is 0.0378. The number of hydrogen-bond donors (Lipinski definition) is 0. The predicted molar refractivity (Wildman–Crippen MR) is 102 cm³/mol. The Kier molecular flexibility index (Phi) is 3.51. The van der Waals surface area contributed by atoms with Crippen molar-refractivity contribution in [3.8, 4) is 0 Å². The van der Waals surface area contributed by atoms with E-state index < -0.39 is 0 Å². The molecule has 1 aliphatic rings. The summed E-state index contributed by atoms with van der Waals surface area (Å²) in [6.45, 7) is 9.02. The third kappa shape index (κ3) is 2.33. The van der Waals surface area contributed by atoms with Gasteiger partial charge in [-0.25, -0.2) is 0 Å². The lowest BCUT2D eigenvalue weighted by atomic mass is 9.67. The van der Waals surface area contributed by atoms with Crippen LogP contribution in [0.3, 0.4) is 0 Å². The first-order valence-corrected chi connectivity index (χ1v) is 8.07. The molecule has 3 rings (SSSR count). The summed E-state index contributed by atoms with van der Waals surface area (Å²) in [6, 6.07) is 13.4. The van der Waals surface area contributed by atoms with Crippen LogP contribution in [0.15, 0.2) is 43.0 Å². The number of benzene rings is 2. The van der Waals surface area contributed by atoms with Crippen molar-refractivity contribution < 1.29 is 0 Å². The Hall–Kier alpha value is -2.22. The molecule has 0 atom stereocenters. The third-order valence-electron chi connectivity index (χ3n) is 5.04. The highest BCUT2D eigenvalue weighted by atomic mass is 15.1. The van der Waals surface area contributed by atoms with Gasteiger partial charge in [0.05, 0.1) is 0 Å². The summed E-state index contributed by atoms with van der Waals surface area (Å²) in [5, 5.41) is 0. The topological polar surface area (TPSA) is 6.48 Å². The predicted octanol–water partition coefficient (Wildman–Crippen LogP) is 4.52. The number of hydrogen-bond acceptors (Lipinski definition) is 2. The van der Waals surface area contributed by atoms with Crippen molar-refractivity contribution in [2.24, 2.45) is 0 Å². The van der Waals surface area contributed by atoms with Gasteiger partial charge in [-0.3, -0.25) is 0 Å². The lowest BCUT2D eigenvalue weighted by Gasteiger charge is -2.37. The normalized spacial score (nSPS) is 15.0. The molecule has 0 aromatic heterocycles. The monoisotopic (exact) mass is 306 g/mol. The van der Waals surface area contributed by atoms with E-state index in [4.69, 9.17) is 0 Å². The van der Waals surface area contributed by atoms with Gasteiger partial charge in [-0.2, -0.15) is 0 Å². The summed E-state index contributed by atoms with van der Waals surface area (Å²) in [4.78, 5) is 4.32. The minimum atomic E-state index is -0.0378. The highest BCUT2D eigenvalue weighted by molar-refractivity contribution is 5.88. The molecule has 2 aromatic rings. The number of fused-ring (bicyclic) bond motifs is 2. The van der Waals surface area contributed by atoms with Crippen LogP contribution in [0.5, 0.6) is 0 Å². The molecular weight excluding hydrogens is 280 g/mol. The molecule has 2 heteroatoms. The Morgan fingerprint density at radius 3 is 1.48 bits per heavy atom. The molecule has 23 heavy (non-hydrogen) atoms. The molecule has 0 saturated carbocycles. The van der Waals surface area contributed by atoms with E-state index in [-0.39, 0.29) is 5.41 Å². The maximum Gasteiger partial charge on any atom is 0.0364 e.